The zero-order valence-corrected chi connectivity index (χ0v) is 12.8. The minimum atomic E-state index is -3.93. The molecule has 102 valence electrons. The van der Waals surface area contributed by atoms with Crippen molar-refractivity contribution in [3.8, 4) is 0 Å². The van der Waals surface area contributed by atoms with E-state index in [9.17, 15) is 12.8 Å². The van der Waals surface area contributed by atoms with Gasteiger partial charge in [-0.3, -0.25) is 0 Å². The number of halogens is 2. The molecule has 0 atom stereocenters. The van der Waals surface area contributed by atoms with Gasteiger partial charge in [-0.15, -0.1) is 11.3 Å². The second kappa shape index (κ2) is 5.58. The first kappa shape index (κ1) is 14.4. The third-order valence-electron chi connectivity index (χ3n) is 2.36. The van der Waals surface area contributed by atoms with Gasteiger partial charge in [0, 0.05) is 21.6 Å². The van der Waals surface area contributed by atoms with Gasteiger partial charge < -0.3 is 5.73 Å². The predicted octanol–water partition coefficient (Wildman–Crippen LogP) is 2.71. The van der Waals surface area contributed by atoms with Crippen LogP contribution in [0.2, 0.25) is 0 Å². The van der Waals surface area contributed by atoms with E-state index in [1.807, 2.05) is 11.4 Å². The summed E-state index contributed by atoms with van der Waals surface area (Å²) in [5, 5.41) is 1.84. The third kappa shape index (κ3) is 3.33. The van der Waals surface area contributed by atoms with Crippen molar-refractivity contribution >= 4 is 43.0 Å². The molecule has 0 saturated carbocycles. The van der Waals surface area contributed by atoms with E-state index in [1.54, 1.807) is 6.07 Å². The predicted molar refractivity (Wildman–Crippen MR) is 76.9 cm³/mol. The summed E-state index contributed by atoms with van der Waals surface area (Å²) < 4.78 is 40.3. The fourth-order valence-corrected chi connectivity index (χ4v) is 3.56. The normalized spacial score (nSPS) is 11.7. The van der Waals surface area contributed by atoms with Gasteiger partial charge in [0.2, 0.25) is 10.0 Å². The summed E-state index contributed by atoms with van der Waals surface area (Å²) in [5.41, 5.74) is 5.74. The van der Waals surface area contributed by atoms with E-state index in [0.29, 0.717) is 4.47 Å². The number of rotatable bonds is 4. The average molecular weight is 365 g/mol. The Morgan fingerprint density at radius 3 is 2.79 bits per heavy atom. The maximum atomic E-state index is 13.7. The van der Waals surface area contributed by atoms with E-state index >= 15 is 0 Å². The van der Waals surface area contributed by atoms with Gasteiger partial charge in [-0.25, -0.2) is 17.5 Å². The van der Waals surface area contributed by atoms with E-state index < -0.39 is 20.7 Å². The Morgan fingerprint density at radius 1 is 1.42 bits per heavy atom. The van der Waals surface area contributed by atoms with Crippen LogP contribution in [0.15, 0.2) is 39.0 Å². The number of hydrogen-bond acceptors (Lipinski definition) is 4. The number of benzene rings is 1. The summed E-state index contributed by atoms with van der Waals surface area (Å²) in [6, 6.07) is 5.73. The average Bonchev–Trinajstić information content (AvgIpc) is 2.84. The summed E-state index contributed by atoms with van der Waals surface area (Å²) in [5.74, 6) is -0.847. The minimum absolute atomic E-state index is 0.120. The van der Waals surface area contributed by atoms with E-state index in [4.69, 9.17) is 5.73 Å². The van der Waals surface area contributed by atoms with Crippen LogP contribution in [0.25, 0.3) is 0 Å². The highest BCUT2D eigenvalue weighted by molar-refractivity contribution is 9.10. The van der Waals surface area contributed by atoms with Crippen LogP contribution in [-0.4, -0.2) is 8.42 Å². The van der Waals surface area contributed by atoms with Crippen LogP contribution in [0.5, 0.6) is 0 Å². The highest BCUT2D eigenvalue weighted by atomic mass is 79.9. The highest BCUT2D eigenvalue weighted by Gasteiger charge is 2.20. The molecule has 2 rings (SSSR count). The van der Waals surface area contributed by atoms with Crippen LogP contribution < -0.4 is 10.5 Å². The van der Waals surface area contributed by atoms with Crippen molar-refractivity contribution < 1.29 is 12.8 Å². The summed E-state index contributed by atoms with van der Waals surface area (Å²) in [7, 11) is -3.93. The molecule has 0 amide bonds. The lowest BCUT2D eigenvalue weighted by atomic mass is 10.3. The molecule has 0 bridgehead atoms. The van der Waals surface area contributed by atoms with Gasteiger partial charge in [0.25, 0.3) is 0 Å². The summed E-state index contributed by atoms with van der Waals surface area (Å²) in [4.78, 5) is 0.388. The Morgan fingerprint density at radius 2 is 2.16 bits per heavy atom. The van der Waals surface area contributed by atoms with Crippen molar-refractivity contribution in [3.05, 3.63) is 44.8 Å². The van der Waals surface area contributed by atoms with E-state index in [0.717, 1.165) is 17.0 Å². The smallest absolute Gasteiger partial charge is 0.243 e. The van der Waals surface area contributed by atoms with Crippen LogP contribution in [0, 0.1) is 5.82 Å². The van der Waals surface area contributed by atoms with Crippen molar-refractivity contribution in [1.82, 2.24) is 4.72 Å². The second-order valence-electron chi connectivity index (χ2n) is 3.71. The minimum Gasteiger partial charge on any atom is -0.398 e. The van der Waals surface area contributed by atoms with Crippen molar-refractivity contribution in [1.29, 1.82) is 0 Å². The Hall–Kier alpha value is -0.960. The van der Waals surface area contributed by atoms with Crippen LogP contribution in [-0.2, 0) is 16.6 Å². The van der Waals surface area contributed by atoms with Gasteiger partial charge in [-0.1, -0.05) is 6.07 Å². The maximum Gasteiger partial charge on any atom is 0.243 e. The molecule has 0 saturated heterocycles. The molecule has 8 heteroatoms. The fourth-order valence-electron chi connectivity index (χ4n) is 1.41. The maximum absolute atomic E-state index is 13.7. The number of nitrogen functional groups attached to an aromatic ring is 1. The van der Waals surface area contributed by atoms with E-state index in [2.05, 4.69) is 20.7 Å². The van der Waals surface area contributed by atoms with Gasteiger partial charge in [-0.05, 0) is 39.5 Å². The number of anilines is 1. The molecule has 0 fully saturated rings. The van der Waals surface area contributed by atoms with Gasteiger partial charge in [0.1, 0.15) is 10.7 Å². The van der Waals surface area contributed by atoms with E-state index in [1.165, 1.54) is 11.3 Å². The molecule has 0 radical (unpaired) electrons. The molecule has 2 aromatic rings. The first-order chi connectivity index (χ1) is 8.90. The van der Waals surface area contributed by atoms with Crippen molar-refractivity contribution in [2.75, 3.05) is 5.73 Å². The van der Waals surface area contributed by atoms with Gasteiger partial charge >= 0.3 is 0 Å². The van der Waals surface area contributed by atoms with Crippen LogP contribution in [0.4, 0.5) is 10.1 Å². The van der Waals surface area contributed by atoms with Crippen LogP contribution in [0.1, 0.15) is 4.88 Å². The molecule has 0 unspecified atom stereocenters. The van der Waals surface area contributed by atoms with Crippen molar-refractivity contribution in [2.45, 2.75) is 11.4 Å². The molecule has 0 aliphatic carbocycles. The molecule has 1 aromatic carbocycles. The number of nitrogens with two attached hydrogens (primary N) is 1. The molecule has 0 aliphatic rings. The summed E-state index contributed by atoms with van der Waals surface area (Å²) in [6.45, 7) is 0.120. The lowest BCUT2D eigenvalue weighted by molar-refractivity contribution is 0.557. The van der Waals surface area contributed by atoms with Gasteiger partial charge in [0.15, 0.2) is 0 Å². The molecule has 0 spiro atoms. The highest BCUT2D eigenvalue weighted by Crippen LogP contribution is 2.26. The van der Waals surface area contributed by atoms with Crippen molar-refractivity contribution in [3.63, 3.8) is 0 Å². The van der Waals surface area contributed by atoms with Crippen molar-refractivity contribution in [2.24, 2.45) is 0 Å². The number of thiophene rings is 1. The van der Waals surface area contributed by atoms with Gasteiger partial charge in [-0.2, -0.15) is 0 Å². The molecular weight excluding hydrogens is 355 g/mol. The quantitative estimate of drug-likeness (QED) is 0.819. The molecule has 4 nitrogen and oxygen atoms in total. The largest absolute Gasteiger partial charge is 0.398 e. The Bertz CT molecular complexity index is 687. The Kier molecular flexibility index (Phi) is 4.24. The SMILES string of the molecule is Nc1cc(S(=O)(=O)NCc2cccs2)c(F)cc1Br. The van der Waals surface area contributed by atoms with Crippen LogP contribution in [0.3, 0.4) is 0 Å². The zero-order chi connectivity index (χ0) is 14.0. The zero-order valence-electron chi connectivity index (χ0n) is 9.56. The molecular formula is C11H10BrFN2O2S2. The second-order valence-corrected chi connectivity index (χ2v) is 7.33. The number of hydrogen-bond donors (Lipinski definition) is 2. The first-order valence-corrected chi connectivity index (χ1v) is 8.32. The standard InChI is InChI=1S/C11H10BrFN2O2S2/c12-8-4-9(13)11(5-10(8)14)19(16,17)15-6-7-2-1-3-18-7/h1-5,15H,6,14H2. The third-order valence-corrected chi connectivity index (χ3v) is 5.34. The van der Waals surface area contributed by atoms with Gasteiger partial charge in [0.05, 0.1) is 0 Å². The Labute approximate surface area is 122 Å². The lowest BCUT2D eigenvalue weighted by Crippen LogP contribution is -2.24. The molecule has 3 N–H and O–H groups in total. The number of nitrogens with one attached hydrogen (secondary N) is 1. The fraction of sp³-hybridized carbons (Fsp3) is 0.0909. The Balaban J connectivity index is 2.27. The van der Waals surface area contributed by atoms with Crippen LogP contribution >= 0.6 is 27.3 Å². The molecule has 1 heterocycles. The summed E-state index contributed by atoms with van der Waals surface area (Å²) >= 11 is 4.45. The van der Waals surface area contributed by atoms with E-state index in [-0.39, 0.29) is 12.2 Å². The number of sulfonamides is 1. The summed E-state index contributed by atoms with van der Waals surface area (Å²) in [6.07, 6.45) is 0. The molecule has 1 aromatic heterocycles. The first-order valence-electron chi connectivity index (χ1n) is 5.17. The molecule has 0 aliphatic heterocycles. The lowest BCUT2D eigenvalue weighted by Gasteiger charge is -2.08. The monoisotopic (exact) mass is 364 g/mol. The molecule has 19 heavy (non-hydrogen) atoms. The topological polar surface area (TPSA) is 72.2 Å².